The van der Waals surface area contributed by atoms with Crippen LogP contribution in [0.15, 0.2) is 12.3 Å². The van der Waals surface area contributed by atoms with Crippen molar-refractivity contribution in [2.75, 3.05) is 27.2 Å². The minimum Gasteiger partial charge on any atom is -0.301 e. The zero-order valence-corrected chi connectivity index (χ0v) is 12.3. The van der Waals surface area contributed by atoms with E-state index in [0.29, 0.717) is 5.54 Å². The van der Waals surface area contributed by atoms with Crippen molar-refractivity contribution in [3.05, 3.63) is 18.0 Å². The highest BCUT2D eigenvalue weighted by molar-refractivity contribution is 5.00. The molecule has 0 saturated carbocycles. The van der Waals surface area contributed by atoms with E-state index in [-0.39, 0.29) is 0 Å². The van der Waals surface area contributed by atoms with E-state index >= 15 is 0 Å². The minimum atomic E-state index is 0.320. The Bertz CT molecular complexity index is 396. The maximum absolute atomic E-state index is 4.22. The van der Waals surface area contributed by atoms with Crippen molar-refractivity contribution in [1.29, 1.82) is 0 Å². The molecule has 1 unspecified atom stereocenters. The topological polar surface area (TPSA) is 24.3 Å². The van der Waals surface area contributed by atoms with Crippen LogP contribution >= 0.6 is 0 Å². The van der Waals surface area contributed by atoms with Crippen LogP contribution in [0.25, 0.3) is 0 Å². The second-order valence-corrected chi connectivity index (χ2v) is 6.20. The van der Waals surface area contributed by atoms with Crippen LogP contribution in [0.2, 0.25) is 0 Å². The fourth-order valence-corrected chi connectivity index (χ4v) is 2.89. The van der Waals surface area contributed by atoms with Gasteiger partial charge in [-0.2, -0.15) is 5.10 Å². The lowest BCUT2D eigenvalue weighted by Crippen LogP contribution is -2.43. The molecule has 2 rings (SSSR count). The number of rotatable bonds is 4. The average Bonchev–Trinajstić information content (AvgIpc) is 2.78. The van der Waals surface area contributed by atoms with E-state index in [1.807, 2.05) is 17.9 Å². The van der Waals surface area contributed by atoms with E-state index < -0.39 is 0 Å². The molecule has 0 spiro atoms. The first-order chi connectivity index (χ1) is 8.41. The summed E-state index contributed by atoms with van der Waals surface area (Å²) in [6, 6.07) is 2.10. The fraction of sp³-hybridized carbons (Fsp3) is 0.786. The fourth-order valence-electron chi connectivity index (χ4n) is 2.89. The van der Waals surface area contributed by atoms with E-state index in [2.05, 4.69) is 48.9 Å². The zero-order chi connectivity index (χ0) is 13.3. The number of aryl methyl sites for hydroxylation is 1. The molecule has 1 aliphatic heterocycles. The quantitative estimate of drug-likeness (QED) is 0.811. The summed E-state index contributed by atoms with van der Waals surface area (Å²) in [7, 11) is 6.46. The lowest BCUT2D eigenvalue weighted by molar-refractivity contribution is 0.139. The molecule has 102 valence electrons. The van der Waals surface area contributed by atoms with Crippen molar-refractivity contribution in [3.63, 3.8) is 0 Å². The summed E-state index contributed by atoms with van der Waals surface area (Å²) in [5.41, 5.74) is 1.60. The van der Waals surface area contributed by atoms with E-state index in [4.69, 9.17) is 0 Å². The summed E-state index contributed by atoms with van der Waals surface area (Å²) < 4.78 is 1.96. The summed E-state index contributed by atoms with van der Waals surface area (Å²) in [6.07, 6.45) is 3.18. The van der Waals surface area contributed by atoms with Crippen LogP contribution in [-0.2, 0) is 13.6 Å². The molecule has 0 bridgehead atoms. The van der Waals surface area contributed by atoms with E-state index in [1.54, 1.807) is 0 Å². The second kappa shape index (κ2) is 5.02. The molecule has 0 radical (unpaired) electrons. The van der Waals surface area contributed by atoms with Crippen LogP contribution in [0.5, 0.6) is 0 Å². The van der Waals surface area contributed by atoms with Crippen LogP contribution in [-0.4, -0.2) is 52.3 Å². The van der Waals surface area contributed by atoms with Gasteiger partial charge in [0, 0.05) is 31.9 Å². The Kier molecular flexibility index (Phi) is 3.78. The first-order valence-corrected chi connectivity index (χ1v) is 6.78. The van der Waals surface area contributed by atoms with Crippen LogP contribution in [0, 0.1) is 5.92 Å². The molecule has 1 aromatic rings. The highest BCUT2D eigenvalue weighted by atomic mass is 15.3. The van der Waals surface area contributed by atoms with Gasteiger partial charge in [0.15, 0.2) is 0 Å². The third-order valence-corrected chi connectivity index (χ3v) is 4.68. The van der Waals surface area contributed by atoms with Crippen molar-refractivity contribution in [3.8, 4) is 0 Å². The van der Waals surface area contributed by atoms with Gasteiger partial charge in [0.2, 0.25) is 0 Å². The van der Waals surface area contributed by atoms with Gasteiger partial charge in [-0.05, 0) is 52.9 Å². The van der Waals surface area contributed by atoms with Crippen LogP contribution < -0.4 is 0 Å². The van der Waals surface area contributed by atoms with Crippen LogP contribution in [0.3, 0.4) is 0 Å². The molecule has 1 saturated heterocycles. The molecular weight excluding hydrogens is 224 g/mol. The van der Waals surface area contributed by atoms with E-state index in [1.165, 1.54) is 18.7 Å². The van der Waals surface area contributed by atoms with Crippen molar-refractivity contribution in [1.82, 2.24) is 19.6 Å². The number of hydrogen-bond acceptors (Lipinski definition) is 3. The third kappa shape index (κ3) is 2.59. The first kappa shape index (κ1) is 13.6. The Morgan fingerprint density at radius 1 is 1.44 bits per heavy atom. The standard InChI is InChI=1S/C14H26N4/c1-14(2)12(7-9-17(14)4)10-16(3)11-13-6-8-15-18(13)5/h6,8,12H,7,9-11H2,1-5H3. The monoisotopic (exact) mass is 250 g/mol. The highest BCUT2D eigenvalue weighted by Gasteiger charge is 2.39. The van der Waals surface area contributed by atoms with Gasteiger partial charge < -0.3 is 9.80 Å². The molecule has 0 aliphatic carbocycles. The summed E-state index contributed by atoms with van der Waals surface area (Å²) in [5.74, 6) is 0.751. The Hall–Kier alpha value is -0.870. The van der Waals surface area contributed by atoms with E-state index in [9.17, 15) is 0 Å². The van der Waals surface area contributed by atoms with E-state index in [0.717, 1.165) is 19.0 Å². The molecule has 2 heterocycles. The Morgan fingerprint density at radius 2 is 2.17 bits per heavy atom. The largest absolute Gasteiger partial charge is 0.301 e. The Morgan fingerprint density at radius 3 is 2.67 bits per heavy atom. The van der Waals surface area contributed by atoms with Crippen LogP contribution in [0.4, 0.5) is 0 Å². The zero-order valence-electron chi connectivity index (χ0n) is 12.3. The minimum absolute atomic E-state index is 0.320. The Balaban J connectivity index is 1.92. The summed E-state index contributed by atoms with van der Waals surface area (Å²) in [5, 5.41) is 4.22. The molecular formula is C14H26N4. The molecule has 0 aromatic carbocycles. The van der Waals surface area contributed by atoms with Gasteiger partial charge in [0.1, 0.15) is 0 Å². The predicted octanol–water partition coefficient (Wildman–Crippen LogP) is 1.58. The van der Waals surface area contributed by atoms with Crippen molar-refractivity contribution < 1.29 is 0 Å². The van der Waals surface area contributed by atoms with Crippen molar-refractivity contribution in [2.24, 2.45) is 13.0 Å². The molecule has 0 amide bonds. The molecule has 1 atom stereocenters. The van der Waals surface area contributed by atoms with Gasteiger partial charge in [-0.3, -0.25) is 4.68 Å². The molecule has 4 heteroatoms. The van der Waals surface area contributed by atoms with Crippen LogP contribution in [0.1, 0.15) is 26.0 Å². The molecule has 0 N–H and O–H groups in total. The van der Waals surface area contributed by atoms with Gasteiger partial charge >= 0.3 is 0 Å². The summed E-state index contributed by atoms with van der Waals surface area (Å²) >= 11 is 0. The normalized spacial score (nSPS) is 24.0. The SMILES string of the molecule is CN(Cc1ccnn1C)CC1CCN(C)C1(C)C. The molecule has 1 fully saturated rings. The van der Waals surface area contributed by atoms with Crippen molar-refractivity contribution >= 4 is 0 Å². The number of likely N-dealkylation sites (tertiary alicyclic amines) is 1. The summed E-state index contributed by atoms with van der Waals surface area (Å²) in [6.45, 7) is 8.08. The first-order valence-electron chi connectivity index (χ1n) is 6.78. The number of hydrogen-bond donors (Lipinski definition) is 0. The lowest BCUT2D eigenvalue weighted by Gasteiger charge is -2.35. The van der Waals surface area contributed by atoms with Gasteiger partial charge in [-0.25, -0.2) is 0 Å². The maximum atomic E-state index is 4.22. The van der Waals surface area contributed by atoms with Gasteiger partial charge in [0.25, 0.3) is 0 Å². The van der Waals surface area contributed by atoms with Gasteiger partial charge in [0.05, 0.1) is 5.69 Å². The average molecular weight is 250 g/mol. The Labute approximate surface area is 111 Å². The molecule has 1 aromatic heterocycles. The van der Waals surface area contributed by atoms with Crippen molar-refractivity contribution in [2.45, 2.75) is 32.4 Å². The maximum Gasteiger partial charge on any atom is 0.0520 e. The molecule has 1 aliphatic rings. The lowest BCUT2D eigenvalue weighted by atomic mass is 9.88. The van der Waals surface area contributed by atoms with Gasteiger partial charge in [-0.1, -0.05) is 0 Å². The molecule has 4 nitrogen and oxygen atoms in total. The third-order valence-electron chi connectivity index (χ3n) is 4.68. The highest BCUT2D eigenvalue weighted by Crippen LogP contribution is 2.33. The smallest absolute Gasteiger partial charge is 0.0520 e. The number of nitrogens with zero attached hydrogens (tertiary/aromatic N) is 4. The van der Waals surface area contributed by atoms with Gasteiger partial charge in [-0.15, -0.1) is 0 Å². The molecule has 18 heavy (non-hydrogen) atoms. The number of aromatic nitrogens is 2. The predicted molar refractivity (Wildman–Crippen MR) is 74.4 cm³/mol. The second-order valence-electron chi connectivity index (χ2n) is 6.20. The summed E-state index contributed by atoms with van der Waals surface area (Å²) in [4.78, 5) is 4.90.